The number of fused-ring (bicyclic) bond motifs is 1. The third-order valence-electron chi connectivity index (χ3n) is 4.67. The minimum absolute atomic E-state index is 0.184. The number of aryl methyl sites for hydroxylation is 1. The van der Waals surface area contributed by atoms with E-state index in [1.54, 1.807) is 43.5 Å². The number of alkyl halides is 4. The van der Waals surface area contributed by atoms with Gasteiger partial charge in [0.25, 0.3) is 0 Å². The lowest BCUT2D eigenvalue weighted by Crippen LogP contribution is -2.52. The Hall–Kier alpha value is -3.38. The van der Waals surface area contributed by atoms with Crippen LogP contribution in [0, 0.1) is 6.92 Å². The Labute approximate surface area is 188 Å². The lowest BCUT2D eigenvalue weighted by molar-refractivity contribution is -0.391. The molecule has 33 heavy (non-hydrogen) atoms. The molecule has 174 valence electrons. The van der Waals surface area contributed by atoms with E-state index >= 15 is 0 Å². The summed E-state index contributed by atoms with van der Waals surface area (Å²) in [5, 5.41) is 12.2. The Bertz CT molecular complexity index is 1240. The molecule has 0 saturated heterocycles. The standard InChI is InChI=1S/C21H17F4N3O4S/c1-12-10-28(14-7-8-16-17(9-14)32-21(24,25)20(22,23)31-16)19(33-12)27-18(30)26-15(11-29)13-5-3-2-4-6-13/h2-10,15,29H,11H2,1H3,(H,26,30)/b27-19-/t15-/m0/s1. The van der Waals surface area contributed by atoms with Crippen LogP contribution in [0.3, 0.4) is 0 Å². The molecule has 0 bridgehead atoms. The number of halogens is 4. The molecule has 1 aromatic heterocycles. The number of carbonyl (C=O) groups is 1. The van der Waals surface area contributed by atoms with Gasteiger partial charge in [-0.2, -0.15) is 22.6 Å². The number of nitrogens with zero attached hydrogens (tertiary/aromatic N) is 2. The number of carbonyl (C=O) groups excluding carboxylic acids is 1. The zero-order chi connectivity index (χ0) is 23.8. The van der Waals surface area contributed by atoms with Crippen molar-refractivity contribution in [3.63, 3.8) is 0 Å². The summed E-state index contributed by atoms with van der Waals surface area (Å²) in [5.74, 6) is -1.13. The lowest BCUT2D eigenvalue weighted by Gasteiger charge is -2.31. The van der Waals surface area contributed by atoms with Crippen molar-refractivity contribution in [3.05, 3.63) is 70.0 Å². The fourth-order valence-corrected chi connectivity index (χ4v) is 3.94. The number of aliphatic hydroxyl groups excluding tert-OH is 1. The van der Waals surface area contributed by atoms with Gasteiger partial charge < -0.3 is 19.9 Å². The fraction of sp³-hybridized carbons (Fsp3) is 0.238. The van der Waals surface area contributed by atoms with E-state index in [4.69, 9.17) is 0 Å². The quantitative estimate of drug-likeness (QED) is 0.546. The van der Waals surface area contributed by atoms with E-state index in [1.165, 1.54) is 10.6 Å². The normalized spacial score (nSPS) is 17.5. The molecule has 0 saturated carbocycles. The van der Waals surface area contributed by atoms with Crippen molar-refractivity contribution in [1.29, 1.82) is 0 Å². The van der Waals surface area contributed by atoms with Crippen molar-refractivity contribution in [1.82, 2.24) is 9.88 Å². The molecule has 3 aromatic rings. The van der Waals surface area contributed by atoms with Gasteiger partial charge in [0.05, 0.1) is 18.3 Å². The van der Waals surface area contributed by atoms with Crippen molar-refractivity contribution in [2.45, 2.75) is 25.2 Å². The zero-order valence-corrected chi connectivity index (χ0v) is 17.8. The summed E-state index contributed by atoms with van der Waals surface area (Å²) in [6, 6.07) is 10.9. The van der Waals surface area contributed by atoms with Crippen LogP contribution in [0.2, 0.25) is 0 Å². The summed E-state index contributed by atoms with van der Waals surface area (Å²) in [5.41, 5.74) is 0.916. The number of ether oxygens (including phenoxy) is 2. The Morgan fingerprint density at radius 1 is 1.12 bits per heavy atom. The summed E-state index contributed by atoms with van der Waals surface area (Å²) >= 11 is 1.14. The Kier molecular flexibility index (Phi) is 5.89. The Morgan fingerprint density at radius 2 is 1.79 bits per heavy atom. The maximum atomic E-state index is 13.6. The third-order valence-corrected chi connectivity index (χ3v) is 5.57. The topological polar surface area (TPSA) is 85.1 Å². The molecule has 2 amide bonds. The second-order valence-corrected chi connectivity index (χ2v) is 8.28. The first kappa shape index (κ1) is 22.8. The number of rotatable bonds is 4. The summed E-state index contributed by atoms with van der Waals surface area (Å²) in [7, 11) is 0. The van der Waals surface area contributed by atoms with Gasteiger partial charge in [0.1, 0.15) is 0 Å². The van der Waals surface area contributed by atoms with Gasteiger partial charge in [-0.25, -0.2) is 4.79 Å². The van der Waals surface area contributed by atoms with Crippen LogP contribution in [-0.2, 0) is 0 Å². The van der Waals surface area contributed by atoms with Gasteiger partial charge in [-0.15, -0.1) is 11.3 Å². The second-order valence-electron chi connectivity index (χ2n) is 7.07. The largest absolute Gasteiger partial charge is 0.507 e. The minimum atomic E-state index is -4.85. The maximum Gasteiger partial charge on any atom is 0.507 e. The summed E-state index contributed by atoms with van der Waals surface area (Å²) < 4.78 is 63.6. The van der Waals surface area contributed by atoms with Gasteiger partial charge in [-0.1, -0.05) is 30.3 Å². The van der Waals surface area contributed by atoms with Crippen LogP contribution in [0.4, 0.5) is 22.4 Å². The van der Waals surface area contributed by atoms with Gasteiger partial charge in [-0.3, -0.25) is 4.57 Å². The molecular weight excluding hydrogens is 466 g/mol. The number of hydrogen-bond donors (Lipinski definition) is 2. The second kappa shape index (κ2) is 8.52. The number of nitrogens with one attached hydrogen (secondary N) is 1. The van der Waals surface area contributed by atoms with Gasteiger partial charge in [0, 0.05) is 17.1 Å². The number of amides is 2. The maximum absolute atomic E-state index is 13.6. The van der Waals surface area contributed by atoms with E-state index in [0.29, 0.717) is 5.56 Å². The van der Waals surface area contributed by atoms with Gasteiger partial charge >= 0.3 is 18.2 Å². The molecule has 0 fully saturated rings. The molecule has 0 spiro atoms. The van der Waals surface area contributed by atoms with E-state index in [2.05, 4.69) is 19.8 Å². The molecule has 1 atom stereocenters. The number of urea groups is 1. The first-order valence-electron chi connectivity index (χ1n) is 9.58. The van der Waals surface area contributed by atoms with E-state index < -0.39 is 35.8 Å². The molecule has 2 aromatic carbocycles. The lowest BCUT2D eigenvalue weighted by atomic mass is 10.1. The van der Waals surface area contributed by atoms with Crippen molar-refractivity contribution < 1.29 is 36.9 Å². The smallest absolute Gasteiger partial charge is 0.421 e. The van der Waals surface area contributed by atoms with Crippen LogP contribution < -0.4 is 19.6 Å². The SMILES string of the molecule is Cc1cn(-c2ccc3c(c2)OC(F)(F)C(F)(F)O3)/c(=N/C(=O)N[C@@H](CO)c2ccccc2)s1. The molecule has 0 radical (unpaired) electrons. The molecular formula is C21H17F4N3O4S. The van der Waals surface area contributed by atoms with Gasteiger partial charge in [-0.05, 0) is 24.6 Å². The molecule has 1 aliphatic heterocycles. The number of hydrogen-bond acceptors (Lipinski definition) is 5. The molecule has 0 unspecified atom stereocenters. The van der Waals surface area contributed by atoms with Crippen LogP contribution >= 0.6 is 11.3 Å². The van der Waals surface area contributed by atoms with Crippen molar-refractivity contribution in [2.24, 2.45) is 4.99 Å². The summed E-state index contributed by atoms with van der Waals surface area (Å²) in [6.45, 7) is 1.39. The van der Waals surface area contributed by atoms with E-state index in [-0.39, 0.29) is 17.1 Å². The molecule has 0 aliphatic carbocycles. The monoisotopic (exact) mass is 483 g/mol. The average Bonchev–Trinajstić information content (AvgIpc) is 3.12. The van der Waals surface area contributed by atoms with Crippen LogP contribution in [0.1, 0.15) is 16.5 Å². The van der Waals surface area contributed by atoms with Crippen LogP contribution in [-0.4, -0.2) is 34.5 Å². The highest BCUT2D eigenvalue weighted by atomic mass is 32.1. The molecule has 1 aliphatic rings. The highest BCUT2D eigenvalue weighted by Crippen LogP contribution is 2.47. The van der Waals surface area contributed by atoms with Gasteiger partial charge in [0.2, 0.25) is 0 Å². The molecule has 2 heterocycles. The molecule has 2 N–H and O–H groups in total. The highest BCUT2D eigenvalue weighted by molar-refractivity contribution is 7.09. The molecule has 7 nitrogen and oxygen atoms in total. The fourth-order valence-electron chi connectivity index (χ4n) is 3.11. The van der Waals surface area contributed by atoms with E-state index in [0.717, 1.165) is 28.3 Å². The first-order valence-corrected chi connectivity index (χ1v) is 10.4. The van der Waals surface area contributed by atoms with Crippen molar-refractivity contribution >= 4 is 17.4 Å². The third kappa shape index (κ3) is 4.57. The predicted molar refractivity (Wildman–Crippen MR) is 110 cm³/mol. The number of thiazole rings is 1. The average molecular weight is 483 g/mol. The number of aromatic nitrogens is 1. The number of benzene rings is 2. The highest BCUT2D eigenvalue weighted by Gasteiger charge is 2.65. The van der Waals surface area contributed by atoms with Crippen LogP contribution in [0.25, 0.3) is 5.69 Å². The van der Waals surface area contributed by atoms with E-state index in [9.17, 15) is 27.5 Å². The zero-order valence-electron chi connectivity index (χ0n) is 17.0. The van der Waals surface area contributed by atoms with Crippen molar-refractivity contribution in [2.75, 3.05) is 6.61 Å². The molecule has 12 heteroatoms. The number of aliphatic hydroxyl groups is 1. The van der Waals surface area contributed by atoms with Crippen LogP contribution in [0.15, 0.2) is 59.7 Å². The van der Waals surface area contributed by atoms with Crippen molar-refractivity contribution in [3.8, 4) is 17.2 Å². The van der Waals surface area contributed by atoms with Crippen LogP contribution in [0.5, 0.6) is 11.5 Å². The summed E-state index contributed by atoms with van der Waals surface area (Å²) in [4.78, 5) is 17.4. The molecule has 4 rings (SSSR count). The van der Waals surface area contributed by atoms with E-state index in [1.807, 2.05) is 0 Å². The first-order chi connectivity index (χ1) is 15.6. The Morgan fingerprint density at radius 3 is 2.45 bits per heavy atom. The predicted octanol–water partition coefficient (Wildman–Crippen LogP) is 4.15. The van der Waals surface area contributed by atoms with Gasteiger partial charge in [0.15, 0.2) is 16.3 Å². The summed E-state index contributed by atoms with van der Waals surface area (Å²) in [6.07, 6.45) is -8.07. The minimum Gasteiger partial charge on any atom is -0.421 e. The Balaban J connectivity index is 1.64.